The molecule has 2 aromatic carbocycles. The van der Waals surface area contributed by atoms with E-state index in [1.165, 1.54) is 5.56 Å². The first-order valence-electron chi connectivity index (χ1n) is 5.97. The number of benzene rings is 2. The minimum atomic E-state index is -0.0675. The zero-order valence-electron chi connectivity index (χ0n) is 10.2. The molecule has 0 bridgehead atoms. The van der Waals surface area contributed by atoms with Crippen molar-refractivity contribution in [1.29, 1.82) is 0 Å². The molecule has 92 valence electrons. The van der Waals surface area contributed by atoms with E-state index in [-0.39, 0.29) is 6.10 Å². The van der Waals surface area contributed by atoms with E-state index in [4.69, 9.17) is 15.2 Å². The summed E-state index contributed by atoms with van der Waals surface area (Å²) in [6, 6.07) is 14.0. The molecule has 3 rings (SSSR count). The van der Waals surface area contributed by atoms with E-state index in [9.17, 15) is 0 Å². The summed E-state index contributed by atoms with van der Waals surface area (Å²) in [4.78, 5) is 0. The predicted octanol–water partition coefficient (Wildman–Crippen LogP) is 2.75. The molecule has 3 nitrogen and oxygen atoms in total. The van der Waals surface area contributed by atoms with E-state index < -0.39 is 0 Å². The molecule has 2 aromatic rings. The number of fused-ring (bicyclic) bond motifs is 3. The topological polar surface area (TPSA) is 44.5 Å². The lowest BCUT2D eigenvalue weighted by atomic mass is 9.93. The fraction of sp³-hybridized carbons (Fsp3) is 0.200. The lowest BCUT2D eigenvalue weighted by Crippen LogP contribution is -2.22. The van der Waals surface area contributed by atoms with Gasteiger partial charge in [0.1, 0.15) is 17.6 Å². The Morgan fingerprint density at radius 2 is 2.00 bits per heavy atom. The Morgan fingerprint density at radius 1 is 1.17 bits per heavy atom. The monoisotopic (exact) mass is 241 g/mol. The smallest absolute Gasteiger partial charge is 0.137 e. The molecular weight excluding hydrogens is 226 g/mol. The third-order valence-electron chi connectivity index (χ3n) is 3.27. The van der Waals surface area contributed by atoms with Crippen LogP contribution in [0.1, 0.15) is 11.7 Å². The van der Waals surface area contributed by atoms with Gasteiger partial charge in [0.25, 0.3) is 0 Å². The molecule has 1 unspecified atom stereocenters. The Labute approximate surface area is 106 Å². The molecule has 0 amide bonds. The van der Waals surface area contributed by atoms with E-state index in [0.29, 0.717) is 6.54 Å². The largest absolute Gasteiger partial charge is 0.497 e. The third kappa shape index (κ3) is 1.64. The van der Waals surface area contributed by atoms with Gasteiger partial charge >= 0.3 is 0 Å². The molecule has 0 radical (unpaired) electrons. The molecule has 2 N–H and O–H groups in total. The van der Waals surface area contributed by atoms with Crippen LogP contribution in [0.3, 0.4) is 0 Å². The summed E-state index contributed by atoms with van der Waals surface area (Å²) in [5.41, 5.74) is 9.16. The van der Waals surface area contributed by atoms with Gasteiger partial charge in [0, 0.05) is 17.7 Å². The number of nitrogens with two attached hydrogens (primary N) is 1. The van der Waals surface area contributed by atoms with Crippen LogP contribution in [0.15, 0.2) is 42.5 Å². The lowest BCUT2D eigenvalue weighted by molar-refractivity contribution is 0.210. The summed E-state index contributed by atoms with van der Waals surface area (Å²) in [5.74, 6) is 1.70. The standard InChI is InChI=1S/C15H15NO2/c1-17-10-6-7-14-13(8-10)11-4-2-3-5-12(11)15(9-16)18-14/h2-8,15H,9,16H2,1H3. The van der Waals surface area contributed by atoms with Crippen LogP contribution in [0, 0.1) is 0 Å². The summed E-state index contributed by atoms with van der Waals surface area (Å²) >= 11 is 0. The second-order valence-corrected chi connectivity index (χ2v) is 4.29. The van der Waals surface area contributed by atoms with Crippen molar-refractivity contribution in [2.75, 3.05) is 13.7 Å². The summed E-state index contributed by atoms with van der Waals surface area (Å²) in [6.07, 6.45) is -0.0675. The highest BCUT2D eigenvalue weighted by atomic mass is 16.5. The molecule has 0 spiro atoms. The average Bonchev–Trinajstić information content (AvgIpc) is 2.45. The van der Waals surface area contributed by atoms with Crippen molar-refractivity contribution >= 4 is 0 Å². The highest BCUT2D eigenvalue weighted by Gasteiger charge is 2.24. The molecule has 3 heteroatoms. The molecule has 1 atom stereocenters. The van der Waals surface area contributed by atoms with E-state index in [1.807, 2.05) is 30.3 Å². The lowest BCUT2D eigenvalue weighted by Gasteiger charge is -2.28. The summed E-state index contributed by atoms with van der Waals surface area (Å²) in [6.45, 7) is 0.475. The minimum Gasteiger partial charge on any atom is -0.497 e. The SMILES string of the molecule is COc1ccc2c(c1)-c1ccccc1C(CN)O2. The Kier molecular flexibility index (Phi) is 2.68. The normalized spacial score (nSPS) is 16.4. The quantitative estimate of drug-likeness (QED) is 0.879. The van der Waals surface area contributed by atoms with Crippen molar-refractivity contribution in [2.45, 2.75) is 6.10 Å². The number of hydrogen-bond donors (Lipinski definition) is 1. The zero-order chi connectivity index (χ0) is 12.5. The van der Waals surface area contributed by atoms with Gasteiger partial charge in [-0.1, -0.05) is 24.3 Å². The molecule has 18 heavy (non-hydrogen) atoms. The number of ether oxygens (including phenoxy) is 2. The fourth-order valence-corrected chi connectivity index (χ4v) is 2.36. The Morgan fingerprint density at radius 3 is 2.78 bits per heavy atom. The van der Waals surface area contributed by atoms with Gasteiger partial charge in [-0.2, -0.15) is 0 Å². The zero-order valence-corrected chi connectivity index (χ0v) is 10.2. The molecule has 1 heterocycles. The maximum Gasteiger partial charge on any atom is 0.137 e. The van der Waals surface area contributed by atoms with Crippen molar-refractivity contribution in [3.05, 3.63) is 48.0 Å². The second kappa shape index (κ2) is 4.35. The Hall–Kier alpha value is -2.00. The Balaban J connectivity index is 2.20. The van der Waals surface area contributed by atoms with Crippen molar-refractivity contribution in [3.63, 3.8) is 0 Å². The van der Waals surface area contributed by atoms with Crippen LogP contribution in [0.25, 0.3) is 11.1 Å². The molecule has 0 saturated heterocycles. The van der Waals surface area contributed by atoms with Gasteiger partial charge in [-0.3, -0.25) is 0 Å². The first-order valence-corrected chi connectivity index (χ1v) is 5.97. The number of rotatable bonds is 2. The van der Waals surface area contributed by atoms with Gasteiger partial charge in [0.15, 0.2) is 0 Å². The van der Waals surface area contributed by atoms with Crippen molar-refractivity contribution in [2.24, 2.45) is 5.73 Å². The number of methoxy groups -OCH3 is 1. The summed E-state index contributed by atoms with van der Waals surface area (Å²) < 4.78 is 11.2. The van der Waals surface area contributed by atoms with Crippen molar-refractivity contribution in [1.82, 2.24) is 0 Å². The van der Waals surface area contributed by atoms with Gasteiger partial charge in [-0.15, -0.1) is 0 Å². The highest BCUT2D eigenvalue weighted by Crippen LogP contribution is 2.43. The molecule has 0 saturated carbocycles. The van der Waals surface area contributed by atoms with E-state index in [2.05, 4.69) is 12.1 Å². The third-order valence-corrected chi connectivity index (χ3v) is 3.27. The van der Waals surface area contributed by atoms with Gasteiger partial charge in [0.05, 0.1) is 7.11 Å². The van der Waals surface area contributed by atoms with Gasteiger partial charge in [-0.05, 0) is 23.8 Å². The molecule has 0 aromatic heterocycles. The number of hydrogen-bond acceptors (Lipinski definition) is 3. The van der Waals surface area contributed by atoms with Crippen LogP contribution in [0.4, 0.5) is 0 Å². The van der Waals surface area contributed by atoms with Crippen LogP contribution in [-0.4, -0.2) is 13.7 Å². The fourth-order valence-electron chi connectivity index (χ4n) is 2.36. The van der Waals surface area contributed by atoms with E-state index in [1.54, 1.807) is 7.11 Å². The summed E-state index contributed by atoms with van der Waals surface area (Å²) in [5, 5.41) is 0. The minimum absolute atomic E-state index is 0.0675. The van der Waals surface area contributed by atoms with Gasteiger partial charge in [0.2, 0.25) is 0 Å². The van der Waals surface area contributed by atoms with Gasteiger partial charge in [-0.25, -0.2) is 0 Å². The van der Waals surface area contributed by atoms with Crippen LogP contribution in [0.5, 0.6) is 11.5 Å². The van der Waals surface area contributed by atoms with Crippen LogP contribution in [-0.2, 0) is 0 Å². The second-order valence-electron chi connectivity index (χ2n) is 4.29. The molecular formula is C15H15NO2. The van der Waals surface area contributed by atoms with Crippen LogP contribution < -0.4 is 15.2 Å². The first-order chi connectivity index (χ1) is 8.83. The predicted molar refractivity (Wildman–Crippen MR) is 70.9 cm³/mol. The first kappa shape index (κ1) is 11.1. The molecule has 1 aliphatic heterocycles. The average molecular weight is 241 g/mol. The van der Waals surface area contributed by atoms with Crippen LogP contribution >= 0.6 is 0 Å². The van der Waals surface area contributed by atoms with Crippen molar-refractivity contribution < 1.29 is 9.47 Å². The summed E-state index contributed by atoms with van der Waals surface area (Å²) in [7, 11) is 1.67. The van der Waals surface area contributed by atoms with Crippen LogP contribution in [0.2, 0.25) is 0 Å². The maximum atomic E-state index is 5.93. The van der Waals surface area contributed by atoms with E-state index >= 15 is 0 Å². The highest BCUT2D eigenvalue weighted by molar-refractivity contribution is 5.77. The maximum absolute atomic E-state index is 5.93. The van der Waals surface area contributed by atoms with Gasteiger partial charge < -0.3 is 15.2 Å². The molecule has 1 aliphatic rings. The van der Waals surface area contributed by atoms with Crippen molar-refractivity contribution in [3.8, 4) is 22.6 Å². The molecule has 0 fully saturated rings. The van der Waals surface area contributed by atoms with E-state index in [0.717, 1.165) is 22.6 Å². The molecule has 0 aliphatic carbocycles. The Bertz CT molecular complexity index is 580.